The number of hydrogen-bond acceptors (Lipinski definition) is 2. The molecule has 1 saturated carbocycles. The molecule has 1 aromatic carbocycles. The molecule has 0 saturated heterocycles. The molecule has 0 radical (unpaired) electrons. The van der Waals surface area contributed by atoms with E-state index < -0.39 is 0 Å². The second-order valence-electron chi connectivity index (χ2n) is 6.03. The molecule has 1 aliphatic carbocycles. The molecule has 1 aliphatic rings. The summed E-state index contributed by atoms with van der Waals surface area (Å²) in [6.45, 7) is 0.752. The molecular weight excluding hydrogens is 274 g/mol. The van der Waals surface area contributed by atoms with Crippen LogP contribution >= 0.6 is 0 Å². The fourth-order valence-corrected chi connectivity index (χ4v) is 3.13. The first-order valence-electron chi connectivity index (χ1n) is 8.22. The molecule has 0 unspecified atom stereocenters. The molecule has 1 N–H and O–H groups in total. The van der Waals surface area contributed by atoms with Gasteiger partial charge in [-0.15, -0.1) is 0 Å². The van der Waals surface area contributed by atoms with E-state index in [1.807, 2.05) is 36.5 Å². The van der Waals surface area contributed by atoms with Crippen LogP contribution in [-0.2, 0) is 0 Å². The Hall–Kier alpha value is -2.10. The molecule has 3 rings (SSSR count). The van der Waals surface area contributed by atoms with Crippen molar-refractivity contribution in [1.29, 1.82) is 0 Å². The standard InChI is InChI=1S/C18H23N3O/c22-18(19-13-11-15-7-3-1-4-8-15)17-12-14-21(20-17)16-9-5-2-6-10-16/h2,5-6,9-10,12,14-15H,1,3-4,7-8,11,13H2,(H,19,22). The fourth-order valence-electron chi connectivity index (χ4n) is 3.13. The number of rotatable bonds is 5. The van der Waals surface area contributed by atoms with Crippen molar-refractivity contribution in [2.24, 2.45) is 5.92 Å². The number of aromatic nitrogens is 2. The molecular formula is C18H23N3O. The summed E-state index contributed by atoms with van der Waals surface area (Å²) in [7, 11) is 0. The lowest BCUT2D eigenvalue weighted by atomic mass is 9.87. The van der Waals surface area contributed by atoms with Crippen molar-refractivity contribution in [1.82, 2.24) is 15.1 Å². The quantitative estimate of drug-likeness (QED) is 0.917. The van der Waals surface area contributed by atoms with Crippen LogP contribution in [0.25, 0.3) is 5.69 Å². The van der Waals surface area contributed by atoms with Gasteiger partial charge in [0.15, 0.2) is 5.69 Å². The first kappa shape index (κ1) is 14.8. The number of carbonyl (C=O) groups excluding carboxylic acids is 1. The Balaban J connectivity index is 1.51. The predicted octanol–water partition coefficient (Wildman–Crippen LogP) is 3.57. The summed E-state index contributed by atoms with van der Waals surface area (Å²) in [5.74, 6) is 0.710. The lowest BCUT2D eigenvalue weighted by molar-refractivity contribution is 0.0945. The maximum Gasteiger partial charge on any atom is 0.271 e. The van der Waals surface area contributed by atoms with Crippen LogP contribution in [-0.4, -0.2) is 22.2 Å². The zero-order valence-electron chi connectivity index (χ0n) is 12.9. The number of hydrogen-bond donors (Lipinski definition) is 1. The van der Waals surface area contributed by atoms with E-state index in [1.165, 1.54) is 32.1 Å². The lowest BCUT2D eigenvalue weighted by Crippen LogP contribution is -2.26. The minimum absolute atomic E-state index is 0.0782. The summed E-state index contributed by atoms with van der Waals surface area (Å²) in [6.07, 6.45) is 9.62. The molecule has 0 aliphatic heterocycles. The summed E-state index contributed by atoms with van der Waals surface area (Å²) in [4.78, 5) is 12.1. The van der Waals surface area contributed by atoms with E-state index in [-0.39, 0.29) is 5.91 Å². The maximum absolute atomic E-state index is 12.1. The molecule has 1 fully saturated rings. The molecule has 0 bridgehead atoms. The molecule has 22 heavy (non-hydrogen) atoms. The van der Waals surface area contributed by atoms with Gasteiger partial charge in [0.2, 0.25) is 0 Å². The van der Waals surface area contributed by atoms with Crippen LogP contribution in [0.5, 0.6) is 0 Å². The number of para-hydroxylation sites is 1. The van der Waals surface area contributed by atoms with Crippen molar-refractivity contribution in [2.75, 3.05) is 6.54 Å². The first-order chi connectivity index (χ1) is 10.8. The van der Waals surface area contributed by atoms with Gasteiger partial charge in [0.1, 0.15) is 0 Å². The van der Waals surface area contributed by atoms with Crippen LogP contribution in [0.15, 0.2) is 42.6 Å². The van der Waals surface area contributed by atoms with Crippen molar-refractivity contribution in [3.63, 3.8) is 0 Å². The van der Waals surface area contributed by atoms with Gasteiger partial charge < -0.3 is 5.32 Å². The highest BCUT2D eigenvalue weighted by Gasteiger charge is 2.14. The fraction of sp³-hybridized carbons (Fsp3) is 0.444. The molecule has 2 aromatic rings. The van der Waals surface area contributed by atoms with Gasteiger partial charge in [-0.1, -0.05) is 50.3 Å². The molecule has 1 heterocycles. The molecule has 0 atom stereocenters. The van der Waals surface area contributed by atoms with Gasteiger partial charge in [0.05, 0.1) is 5.69 Å². The number of benzene rings is 1. The van der Waals surface area contributed by atoms with Gasteiger partial charge in [0.25, 0.3) is 5.91 Å². The minimum Gasteiger partial charge on any atom is -0.351 e. The summed E-state index contributed by atoms with van der Waals surface area (Å²) in [6, 6.07) is 11.6. The summed E-state index contributed by atoms with van der Waals surface area (Å²) >= 11 is 0. The number of amides is 1. The Labute approximate surface area is 131 Å². The molecule has 4 nitrogen and oxygen atoms in total. The SMILES string of the molecule is O=C(NCCC1CCCCC1)c1ccn(-c2ccccc2)n1. The molecule has 1 amide bonds. The normalized spacial score (nSPS) is 15.6. The topological polar surface area (TPSA) is 46.9 Å². The van der Waals surface area contributed by atoms with Crippen molar-refractivity contribution in [3.8, 4) is 5.69 Å². The largest absolute Gasteiger partial charge is 0.351 e. The number of nitrogens with zero attached hydrogens (tertiary/aromatic N) is 2. The van der Waals surface area contributed by atoms with E-state index in [1.54, 1.807) is 10.7 Å². The van der Waals surface area contributed by atoms with Crippen LogP contribution in [0.4, 0.5) is 0 Å². The average molecular weight is 297 g/mol. The Bertz CT molecular complexity index is 600. The van der Waals surface area contributed by atoms with Gasteiger partial charge in [-0.3, -0.25) is 4.79 Å². The van der Waals surface area contributed by atoms with E-state index in [4.69, 9.17) is 0 Å². The third kappa shape index (κ3) is 3.75. The second-order valence-corrected chi connectivity index (χ2v) is 6.03. The minimum atomic E-state index is -0.0782. The van der Waals surface area contributed by atoms with Crippen molar-refractivity contribution in [3.05, 3.63) is 48.3 Å². The highest BCUT2D eigenvalue weighted by Crippen LogP contribution is 2.25. The Morgan fingerprint density at radius 1 is 1.14 bits per heavy atom. The zero-order chi connectivity index (χ0) is 15.2. The van der Waals surface area contributed by atoms with Gasteiger partial charge in [-0.25, -0.2) is 4.68 Å². The molecule has 0 spiro atoms. The Morgan fingerprint density at radius 2 is 1.91 bits per heavy atom. The van der Waals surface area contributed by atoms with Crippen LogP contribution < -0.4 is 5.32 Å². The third-order valence-electron chi connectivity index (χ3n) is 4.41. The van der Waals surface area contributed by atoms with Crippen LogP contribution in [0.2, 0.25) is 0 Å². The van der Waals surface area contributed by atoms with Crippen LogP contribution in [0.1, 0.15) is 49.0 Å². The van der Waals surface area contributed by atoms with Gasteiger partial charge in [0, 0.05) is 12.7 Å². The highest BCUT2D eigenvalue weighted by molar-refractivity contribution is 5.92. The van der Waals surface area contributed by atoms with E-state index in [2.05, 4.69) is 10.4 Å². The van der Waals surface area contributed by atoms with E-state index >= 15 is 0 Å². The number of nitrogens with one attached hydrogen (secondary N) is 1. The summed E-state index contributed by atoms with van der Waals surface area (Å²) in [5, 5.41) is 7.35. The maximum atomic E-state index is 12.1. The Morgan fingerprint density at radius 3 is 2.68 bits per heavy atom. The van der Waals surface area contributed by atoms with Crippen molar-refractivity contribution >= 4 is 5.91 Å². The smallest absolute Gasteiger partial charge is 0.271 e. The van der Waals surface area contributed by atoms with Gasteiger partial charge >= 0.3 is 0 Å². The molecule has 1 aromatic heterocycles. The average Bonchev–Trinajstić information content (AvgIpc) is 3.07. The Kier molecular flexibility index (Phi) is 4.88. The molecule has 4 heteroatoms. The first-order valence-corrected chi connectivity index (χ1v) is 8.22. The summed E-state index contributed by atoms with van der Waals surface area (Å²) in [5.41, 5.74) is 1.44. The summed E-state index contributed by atoms with van der Waals surface area (Å²) < 4.78 is 1.73. The highest BCUT2D eigenvalue weighted by atomic mass is 16.1. The van der Waals surface area contributed by atoms with Gasteiger partial charge in [-0.2, -0.15) is 5.10 Å². The van der Waals surface area contributed by atoms with E-state index in [0.717, 1.165) is 24.6 Å². The van der Waals surface area contributed by atoms with E-state index in [9.17, 15) is 4.79 Å². The lowest BCUT2D eigenvalue weighted by Gasteiger charge is -2.21. The second kappa shape index (κ2) is 7.25. The number of carbonyl (C=O) groups is 1. The zero-order valence-corrected chi connectivity index (χ0v) is 12.9. The van der Waals surface area contributed by atoms with Crippen molar-refractivity contribution < 1.29 is 4.79 Å². The van der Waals surface area contributed by atoms with E-state index in [0.29, 0.717) is 5.69 Å². The molecule has 116 valence electrons. The van der Waals surface area contributed by atoms with Crippen molar-refractivity contribution in [2.45, 2.75) is 38.5 Å². The monoisotopic (exact) mass is 297 g/mol. The predicted molar refractivity (Wildman–Crippen MR) is 87.1 cm³/mol. The third-order valence-corrected chi connectivity index (χ3v) is 4.41. The van der Waals surface area contributed by atoms with Crippen LogP contribution in [0, 0.1) is 5.92 Å². The van der Waals surface area contributed by atoms with Gasteiger partial charge in [-0.05, 0) is 30.5 Å². The van der Waals surface area contributed by atoms with Crippen LogP contribution in [0.3, 0.4) is 0 Å².